The van der Waals surface area contributed by atoms with Crippen molar-refractivity contribution in [2.75, 3.05) is 13.2 Å². The number of nitrogens with two attached hydrogens (primary N) is 1. The molecule has 0 aliphatic carbocycles. The molecule has 0 amide bonds. The van der Waals surface area contributed by atoms with E-state index in [-0.39, 0.29) is 5.75 Å². The third-order valence-corrected chi connectivity index (χ3v) is 4.87. The van der Waals surface area contributed by atoms with Gasteiger partial charge in [-0.2, -0.15) is 22.0 Å². The van der Waals surface area contributed by atoms with Crippen LogP contribution in [0.1, 0.15) is 11.3 Å². The van der Waals surface area contributed by atoms with E-state index >= 15 is 8.78 Å². The first-order valence-electron chi connectivity index (χ1n) is 9.40. The van der Waals surface area contributed by atoms with Crippen LogP contribution in [0.5, 0.6) is 5.75 Å². The fraction of sp³-hybridized carbons (Fsp3) is 0.227. The van der Waals surface area contributed by atoms with Gasteiger partial charge in [-0.25, -0.2) is 8.78 Å². The van der Waals surface area contributed by atoms with Crippen molar-refractivity contribution in [3.63, 3.8) is 0 Å². The van der Waals surface area contributed by atoms with Crippen molar-refractivity contribution < 1.29 is 40.6 Å². The van der Waals surface area contributed by atoms with Crippen molar-refractivity contribution in [3.05, 3.63) is 83.7 Å². The van der Waals surface area contributed by atoms with E-state index < -0.39 is 53.7 Å². The maximum absolute atomic E-state index is 15.2. The summed E-state index contributed by atoms with van der Waals surface area (Å²) >= 11 is 0. The molecule has 0 saturated carbocycles. The van der Waals surface area contributed by atoms with Gasteiger partial charge >= 0.3 is 12.1 Å². The Morgan fingerprint density at radius 2 is 1.52 bits per heavy atom. The number of halogens is 7. The summed E-state index contributed by atoms with van der Waals surface area (Å²) in [6.45, 7) is -2.55. The highest BCUT2D eigenvalue weighted by Gasteiger charge is 2.56. The van der Waals surface area contributed by atoms with E-state index in [2.05, 4.69) is 9.72 Å². The van der Waals surface area contributed by atoms with Gasteiger partial charge in [0.05, 0.1) is 0 Å². The van der Waals surface area contributed by atoms with Crippen LogP contribution in [-0.4, -0.2) is 29.4 Å². The quantitative estimate of drug-likeness (QED) is 0.478. The maximum Gasteiger partial charge on any atom is 0.422 e. The summed E-state index contributed by atoms with van der Waals surface area (Å²) in [6, 6.07) is 9.24. The van der Waals surface area contributed by atoms with Gasteiger partial charge in [0, 0.05) is 29.9 Å². The molecule has 1 atom stereocenters. The summed E-state index contributed by atoms with van der Waals surface area (Å²) in [7, 11) is 0. The molecule has 3 N–H and O–H groups in total. The lowest BCUT2D eigenvalue weighted by Crippen LogP contribution is -2.50. The van der Waals surface area contributed by atoms with E-state index in [4.69, 9.17) is 5.73 Å². The number of ether oxygens (including phenoxy) is 1. The highest BCUT2D eigenvalue weighted by molar-refractivity contribution is 5.63. The fourth-order valence-electron chi connectivity index (χ4n) is 3.10. The molecule has 0 aliphatic rings. The van der Waals surface area contributed by atoms with Crippen LogP contribution in [0.15, 0.2) is 60.8 Å². The fourth-order valence-corrected chi connectivity index (χ4v) is 3.10. The van der Waals surface area contributed by atoms with E-state index in [1.807, 2.05) is 0 Å². The van der Waals surface area contributed by atoms with Crippen LogP contribution in [0.2, 0.25) is 0 Å². The number of rotatable bonds is 7. The summed E-state index contributed by atoms with van der Waals surface area (Å²) < 4.78 is 98.9. The van der Waals surface area contributed by atoms with Crippen LogP contribution in [-0.2, 0) is 11.5 Å². The Kier molecular flexibility index (Phi) is 6.66. The van der Waals surface area contributed by atoms with Crippen LogP contribution in [0, 0.1) is 11.6 Å². The highest BCUT2D eigenvalue weighted by atomic mass is 19.4. The molecule has 33 heavy (non-hydrogen) atoms. The van der Waals surface area contributed by atoms with E-state index in [0.29, 0.717) is 29.3 Å². The first kappa shape index (κ1) is 24.5. The topological polar surface area (TPSA) is 68.4 Å². The molecule has 0 saturated heterocycles. The molecule has 3 rings (SSSR count). The minimum atomic E-state index is -4.49. The number of alkyl halides is 5. The SMILES string of the molecule is NC[C@](O)(c1ccc(F)cc1F)C(F)(F)c1ccc(-c2ccc(OCC(F)(F)F)cc2)cn1. The van der Waals surface area contributed by atoms with Crippen molar-refractivity contribution in [1.29, 1.82) is 0 Å². The lowest BCUT2D eigenvalue weighted by Gasteiger charge is -2.35. The van der Waals surface area contributed by atoms with E-state index in [1.165, 1.54) is 30.3 Å². The normalized spacial score (nSPS) is 14.1. The summed E-state index contributed by atoms with van der Waals surface area (Å²) in [5, 5.41) is 10.6. The van der Waals surface area contributed by atoms with Crippen molar-refractivity contribution in [3.8, 4) is 16.9 Å². The van der Waals surface area contributed by atoms with Crippen molar-refractivity contribution in [1.82, 2.24) is 4.98 Å². The zero-order valence-electron chi connectivity index (χ0n) is 16.7. The summed E-state index contributed by atoms with van der Waals surface area (Å²) in [5.41, 5.74) is 1.10. The Labute approximate surface area is 183 Å². The largest absolute Gasteiger partial charge is 0.484 e. The minimum absolute atomic E-state index is 0.0403. The Hall–Kier alpha value is -3.18. The molecule has 0 radical (unpaired) electrons. The third kappa shape index (κ3) is 5.09. The van der Waals surface area contributed by atoms with Gasteiger partial charge in [-0.3, -0.25) is 4.98 Å². The molecular weight excluding hydrogens is 457 g/mol. The molecule has 2 aromatic carbocycles. The Morgan fingerprint density at radius 3 is 2.03 bits per heavy atom. The van der Waals surface area contributed by atoms with Gasteiger partial charge in [0.1, 0.15) is 23.1 Å². The molecule has 0 spiro atoms. The average Bonchev–Trinajstić information content (AvgIpc) is 2.77. The van der Waals surface area contributed by atoms with E-state index in [1.54, 1.807) is 0 Å². The first-order chi connectivity index (χ1) is 15.4. The third-order valence-electron chi connectivity index (χ3n) is 4.87. The van der Waals surface area contributed by atoms with Crippen molar-refractivity contribution in [2.45, 2.75) is 17.7 Å². The van der Waals surface area contributed by atoms with Gasteiger partial charge in [-0.15, -0.1) is 0 Å². The predicted octanol–water partition coefficient (Wildman–Crippen LogP) is 4.91. The second-order valence-corrected chi connectivity index (χ2v) is 7.12. The Bertz CT molecular complexity index is 1100. The molecule has 0 bridgehead atoms. The lowest BCUT2D eigenvalue weighted by molar-refractivity contribution is -0.193. The summed E-state index contributed by atoms with van der Waals surface area (Å²) in [6.07, 6.45) is -3.45. The maximum atomic E-state index is 15.2. The smallest absolute Gasteiger partial charge is 0.422 e. The number of pyridine rings is 1. The van der Waals surface area contributed by atoms with Crippen LogP contribution in [0.4, 0.5) is 30.7 Å². The Balaban J connectivity index is 1.86. The molecule has 3 aromatic rings. The number of hydrogen-bond acceptors (Lipinski definition) is 4. The predicted molar refractivity (Wildman–Crippen MR) is 104 cm³/mol. The monoisotopic (exact) mass is 474 g/mol. The standard InChI is InChI=1S/C22H17F7N2O2/c23-15-4-7-17(18(24)9-15)20(32,11-30)22(28,29)19-8-3-14(10-31-19)13-1-5-16(6-2-13)33-12-21(25,26)27/h1-10,32H,11-12,30H2/t20-/m0/s1. The molecule has 176 valence electrons. The Morgan fingerprint density at radius 1 is 0.879 bits per heavy atom. The van der Waals surface area contributed by atoms with Crippen LogP contribution < -0.4 is 10.5 Å². The molecule has 0 aliphatic heterocycles. The lowest BCUT2D eigenvalue weighted by atomic mass is 9.84. The van der Waals surface area contributed by atoms with Crippen LogP contribution >= 0.6 is 0 Å². The first-order valence-corrected chi connectivity index (χ1v) is 9.40. The molecule has 0 unspecified atom stereocenters. The summed E-state index contributed by atoms with van der Waals surface area (Å²) in [4.78, 5) is 3.66. The van der Waals surface area contributed by atoms with Gasteiger partial charge < -0.3 is 15.6 Å². The molecule has 0 fully saturated rings. The average molecular weight is 474 g/mol. The van der Waals surface area contributed by atoms with Gasteiger partial charge in [-0.05, 0) is 29.8 Å². The van der Waals surface area contributed by atoms with Gasteiger partial charge in [-0.1, -0.05) is 24.3 Å². The molecule has 11 heteroatoms. The molecule has 1 heterocycles. The van der Waals surface area contributed by atoms with Crippen LogP contribution in [0.25, 0.3) is 11.1 Å². The molecule has 4 nitrogen and oxygen atoms in total. The number of hydrogen-bond donors (Lipinski definition) is 2. The van der Waals surface area contributed by atoms with Crippen LogP contribution in [0.3, 0.4) is 0 Å². The van der Waals surface area contributed by atoms with E-state index in [0.717, 1.165) is 12.3 Å². The second-order valence-electron chi connectivity index (χ2n) is 7.12. The zero-order valence-corrected chi connectivity index (χ0v) is 16.7. The van der Waals surface area contributed by atoms with E-state index in [9.17, 15) is 27.1 Å². The number of benzene rings is 2. The van der Waals surface area contributed by atoms with Crippen molar-refractivity contribution in [2.24, 2.45) is 5.73 Å². The van der Waals surface area contributed by atoms with Gasteiger partial charge in [0.2, 0.25) is 0 Å². The van der Waals surface area contributed by atoms with Gasteiger partial charge in [0.15, 0.2) is 12.2 Å². The molecule has 1 aromatic heterocycles. The van der Waals surface area contributed by atoms with Gasteiger partial charge in [0.25, 0.3) is 0 Å². The number of nitrogens with zero attached hydrogens (tertiary/aromatic N) is 1. The summed E-state index contributed by atoms with van der Waals surface area (Å²) in [5.74, 6) is -6.61. The number of aromatic nitrogens is 1. The number of aliphatic hydroxyl groups is 1. The van der Waals surface area contributed by atoms with Crippen molar-refractivity contribution >= 4 is 0 Å². The zero-order chi connectivity index (χ0) is 24.4. The second kappa shape index (κ2) is 8.99. The minimum Gasteiger partial charge on any atom is -0.484 e. The molecular formula is C22H17F7N2O2. The highest BCUT2D eigenvalue weighted by Crippen LogP contribution is 2.45.